The molecule has 0 amide bonds. The molecule has 108 valence electrons. The van der Waals surface area contributed by atoms with Gasteiger partial charge in [-0.1, -0.05) is 11.6 Å². The van der Waals surface area contributed by atoms with Gasteiger partial charge in [-0.2, -0.15) is 11.8 Å². The van der Waals surface area contributed by atoms with Gasteiger partial charge in [0.1, 0.15) is 0 Å². The van der Waals surface area contributed by atoms with Gasteiger partial charge in [0, 0.05) is 11.1 Å². The average molecular weight is 324 g/mol. The third kappa shape index (κ3) is 4.96. The Balaban J connectivity index is 2.88. The molecule has 1 aromatic rings. The Kier molecular flexibility index (Phi) is 6.62. The third-order valence-electron chi connectivity index (χ3n) is 2.61. The highest BCUT2D eigenvalue weighted by atomic mass is 35.5. The molecular weight excluding hydrogens is 306 g/mol. The molecule has 0 saturated heterocycles. The van der Waals surface area contributed by atoms with Gasteiger partial charge >= 0.3 is 0 Å². The molecule has 4 nitrogen and oxygen atoms in total. The van der Waals surface area contributed by atoms with E-state index in [4.69, 9.17) is 16.7 Å². The summed E-state index contributed by atoms with van der Waals surface area (Å²) in [7, 11) is -3.57. The normalized spacial score (nSPS) is 13.5. The Morgan fingerprint density at radius 3 is 2.74 bits per heavy atom. The second-order valence-electron chi connectivity index (χ2n) is 4.22. The lowest BCUT2D eigenvalue weighted by molar-refractivity contribution is 0.281. The molecular formula is C12H18ClNO3S2. The van der Waals surface area contributed by atoms with E-state index in [9.17, 15) is 8.42 Å². The molecule has 0 aliphatic heterocycles. The predicted molar refractivity (Wildman–Crippen MR) is 80.2 cm³/mol. The number of nitrogens with one attached hydrogen (secondary N) is 1. The van der Waals surface area contributed by atoms with E-state index < -0.39 is 10.0 Å². The largest absolute Gasteiger partial charge is 0.392 e. The summed E-state index contributed by atoms with van der Waals surface area (Å²) in [5, 5.41) is 9.46. The highest BCUT2D eigenvalue weighted by Crippen LogP contribution is 2.20. The number of thioether (sulfide) groups is 1. The summed E-state index contributed by atoms with van der Waals surface area (Å²) < 4.78 is 26.9. The number of benzene rings is 1. The lowest BCUT2D eigenvalue weighted by Gasteiger charge is -2.14. The van der Waals surface area contributed by atoms with Crippen molar-refractivity contribution in [2.45, 2.75) is 30.9 Å². The first kappa shape index (κ1) is 16.8. The lowest BCUT2D eigenvalue weighted by Crippen LogP contribution is -2.33. The first-order valence-corrected chi connectivity index (χ1v) is 9.06. The first-order chi connectivity index (χ1) is 8.90. The second kappa shape index (κ2) is 7.50. The van der Waals surface area contributed by atoms with Crippen LogP contribution >= 0.6 is 23.4 Å². The van der Waals surface area contributed by atoms with Crippen molar-refractivity contribution in [3.63, 3.8) is 0 Å². The zero-order chi connectivity index (χ0) is 14.5. The minimum atomic E-state index is -3.57. The van der Waals surface area contributed by atoms with Gasteiger partial charge < -0.3 is 5.11 Å². The first-order valence-electron chi connectivity index (χ1n) is 5.81. The number of rotatable bonds is 7. The van der Waals surface area contributed by atoms with E-state index in [1.165, 1.54) is 18.2 Å². The van der Waals surface area contributed by atoms with Crippen LogP contribution in [0.15, 0.2) is 23.1 Å². The monoisotopic (exact) mass is 323 g/mol. The van der Waals surface area contributed by atoms with E-state index in [0.29, 0.717) is 10.6 Å². The summed E-state index contributed by atoms with van der Waals surface area (Å²) in [4.78, 5) is 0.122. The van der Waals surface area contributed by atoms with E-state index in [0.717, 1.165) is 12.2 Å². The number of hydrogen-bond donors (Lipinski definition) is 2. The molecule has 0 aromatic heterocycles. The van der Waals surface area contributed by atoms with Crippen molar-refractivity contribution in [2.75, 3.05) is 12.0 Å². The fourth-order valence-electron chi connectivity index (χ4n) is 1.53. The number of aliphatic hydroxyl groups is 1. The van der Waals surface area contributed by atoms with Crippen LogP contribution in [0.2, 0.25) is 5.02 Å². The SMILES string of the molecule is CSCCC(C)NS(=O)(=O)c1ccc(Cl)c(CO)c1. The van der Waals surface area contributed by atoms with E-state index in [1.807, 2.05) is 13.2 Å². The molecule has 19 heavy (non-hydrogen) atoms. The molecule has 1 aromatic carbocycles. The van der Waals surface area contributed by atoms with Gasteiger partial charge in [-0.3, -0.25) is 0 Å². The van der Waals surface area contributed by atoms with Gasteiger partial charge in [-0.05, 0) is 49.1 Å². The molecule has 7 heteroatoms. The van der Waals surface area contributed by atoms with Crippen molar-refractivity contribution in [3.8, 4) is 0 Å². The van der Waals surface area contributed by atoms with Crippen LogP contribution in [-0.2, 0) is 16.6 Å². The molecule has 0 heterocycles. The Morgan fingerprint density at radius 2 is 2.16 bits per heavy atom. The lowest BCUT2D eigenvalue weighted by atomic mass is 10.2. The van der Waals surface area contributed by atoms with Gasteiger partial charge in [0.2, 0.25) is 10.0 Å². The van der Waals surface area contributed by atoms with Crippen molar-refractivity contribution in [3.05, 3.63) is 28.8 Å². The van der Waals surface area contributed by atoms with E-state index >= 15 is 0 Å². The minimum Gasteiger partial charge on any atom is -0.392 e. The van der Waals surface area contributed by atoms with Crippen LogP contribution in [0.25, 0.3) is 0 Å². The zero-order valence-electron chi connectivity index (χ0n) is 10.9. The summed E-state index contributed by atoms with van der Waals surface area (Å²) >= 11 is 7.52. The van der Waals surface area contributed by atoms with Crippen molar-refractivity contribution in [1.82, 2.24) is 4.72 Å². The van der Waals surface area contributed by atoms with Crippen molar-refractivity contribution in [1.29, 1.82) is 0 Å². The van der Waals surface area contributed by atoms with Crippen LogP contribution in [0.5, 0.6) is 0 Å². The topological polar surface area (TPSA) is 66.4 Å². The molecule has 2 N–H and O–H groups in total. The quantitative estimate of drug-likeness (QED) is 0.807. The maximum atomic E-state index is 12.1. The smallest absolute Gasteiger partial charge is 0.240 e. The molecule has 0 fully saturated rings. The molecule has 1 unspecified atom stereocenters. The predicted octanol–water partition coefficient (Wildman–Crippen LogP) is 2.25. The number of hydrogen-bond acceptors (Lipinski definition) is 4. The molecule has 0 radical (unpaired) electrons. The van der Waals surface area contributed by atoms with E-state index in [1.54, 1.807) is 11.8 Å². The highest BCUT2D eigenvalue weighted by Gasteiger charge is 2.18. The molecule has 0 aliphatic rings. The Bertz CT molecular complexity index is 520. The molecule has 0 spiro atoms. The number of aliphatic hydroxyl groups excluding tert-OH is 1. The van der Waals surface area contributed by atoms with Crippen molar-refractivity contribution >= 4 is 33.4 Å². The molecule has 0 aliphatic carbocycles. The second-order valence-corrected chi connectivity index (χ2v) is 7.32. The van der Waals surface area contributed by atoms with Crippen LogP contribution in [0.1, 0.15) is 18.9 Å². The number of sulfonamides is 1. The van der Waals surface area contributed by atoms with Crippen LogP contribution < -0.4 is 4.72 Å². The Hall–Kier alpha value is -0.270. The number of halogens is 1. The van der Waals surface area contributed by atoms with E-state index in [-0.39, 0.29) is 17.5 Å². The van der Waals surface area contributed by atoms with Gasteiger partial charge in [0.25, 0.3) is 0 Å². The Morgan fingerprint density at radius 1 is 1.47 bits per heavy atom. The fourth-order valence-corrected chi connectivity index (χ4v) is 3.62. The van der Waals surface area contributed by atoms with Crippen LogP contribution in [0.4, 0.5) is 0 Å². The molecule has 0 bridgehead atoms. The van der Waals surface area contributed by atoms with Crippen LogP contribution in [0.3, 0.4) is 0 Å². The van der Waals surface area contributed by atoms with Gasteiger partial charge in [0.05, 0.1) is 11.5 Å². The molecule has 1 atom stereocenters. The average Bonchev–Trinajstić information content (AvgIpc) is 2.36. The summed E-state index contributed by atoms with van der Waals surface area (Å²) in [5.74, 6) is 0.895. The van der Waals surface area contributed by atoms with Crippen LogP contribution in [-0.4, -0.2) is 31.6 Å². The maximum absolute atomic E-state index is 12.1. The zero-order valence-corrected chi connectivity index (χ0v) is 13.3. The van der Waals surface area contributed by atoms with E-state index in [2.05, 4.69) is 4.72 Å². The standard InChI is InChI=1S/C12H18ClNO3S2/c1-9(5-6-18-2)14-19(16,17)11-3-4-12(13)10(7-11)8-15/h3-4,7,9,14-15H,5-6,8H2,1-2H3. The van der Waals surface area contributed by atoms with Crippen LogP contribution in [0, 0.1) is 0 Å². The fraction of sp³-hybridized carbons (Fsp3) is 0.500. The van der Waals surface area contributed by atoms with Crippen molar-refractivity contribution in [2.24, 2.45) is 0 Å². The molecule has 0 saturated carbocycles. The van der Waals surface area contributed by atoms with Gasteiger partial charge in [-0.15, -0.1) is 0 Å². The highest BCUT2D eigenvalue weighted by molar-refractivity contribution is 7.98. The summed E-state index contributed by atoms with van der Waals surface area (Å²) in [6.07, 6.45) is 2.74. The van der Waals surface area contributed by atoms with Gasteiger partial charge in [-0.25, -0.2) is 13.1 Å². The molecule has 1 rings (SSSR count). The van der Waals surface area contributed by atoms with Crippen molar-refractivity contribution < 1.29 is 13.5 Å². The third-order valence-corrected chi connectivity index (χ3v) is 5.21. The summed E-state index contributed by atoms with van der Waals surface area (Å²) in [6, 6.07) is 4.18. The summed E-state index contributed by atoms with van der Waals surface area (Å²) in [6.45, 7) is 1.54. The van der Waals surface area contributed by atoms with Gasteiger partial charge in [0.15, 0.2) is 0 Å². The minimum absolute atomic E-state index is 0.122. The Labute approximate surface area is 123 Å². The maximum Gasteiger partial charge on any atom is 0.240 e. The summed E-state index contributed by atoms with van der Waals surface area (Å²) in [5.41, 5.74) is 0.404.